The van der Waals surface area contributed by atoms with E-state index in [4.69, 9.17) is 0 Å². The van der Waals surface area contributed by atoms with Gasteiger partial charge >= 0.3 is 0 Å². The Morgan fingerprint density at radius 3 is 1.97 bits per heavy atom. The molecule has 0 aliphatic carbocycles. The zero-order valence-corrected chi connectivity index (χ0v) is 17.2. The Hall–Kier alpha value is -3.00. The van der Waals surface area contributed by atoms with Crippen molar-refractivity contribution in [3.8, 4) is 0 Å². The topological polar surface area (TPSA) is 91.8 Å². The lowest BCUT2D eigenvalue weighted by Gasteiger charge is -2.32. The summed E-state index contributed by atoms with van der Waals surface area (Å²) in [6.07, 6.45) is 0.700. The summed E-state index contributed by atoms with van der Waals surface area (Å²) in [6, 6.07) is 15.5. The van der Waals surface area contributed by atoms with Gasteiger partial charge in [-0.2, -0.15) is 0 Å². The fourth-order valence-electron chi connectivity index (χ4n) is 4.01. The predicted octanol–water partition coefficient (Wildman–Crippen LogP) is 1.89. The first kappa shape index (κ1) is 20.3. The van der Waals surface area contributed by atoms with Crippen LogP contribution in [-0.2, 0) is 20.4 Å². The van der Waals surface area contributed by atoms with Gasteiger partial charge in [0.1, 0.15) is 6.54 Å². The van der Waals surface area contributed by atoms with Crippen molar-refractivity contribution in [2.75, 3.05) is 19.6 Å². The van der Waals surface area contributed by atoms with Crippen molar-refractivity contribution < 1.29 is 22.8 Å². The van der Waals surface area contributed by atoms with Gasteiger partial charge in [0.2, 0.25) is 5.91 Å². The Morgan fingerprint density at radius 2 is 1.40 bits per heavy atom. The van der Waals surface area contributed by atoms with E-state index in [-0.39, 0.29) is 18.2 Å². The number of hydrogen-bond donors (Lipinski definition) is 0. The van der Waals surface area contributed by atoms with E-state index in [9.17, 15) is 22.8 Å². The van der Waals surface area contributed by atoms with Crippen LogP contribution in [0.15, 0.2) is 54.6 Å². The monoisotopic (exact) mass is 426 g/mol. The number of benzene rings is 2. The highest BCUT2D eigenvalue weighted by Crippen LogP contribution is 2.24. The van der Waals surface area contributed by atoms with Crippen LogP contribution < -0.4 is 0 Å². The molecule has 0 spiro atoms. The minimum atomic E-state index is -3.32. The molecular weight excluding hydrogens is 404 g/mol. The van der Waals surface area contributed by atoms with Gasteiger partial charge in [0.15, 0.2) is 9.84 Å². The Kier molecular flexibility index (Phi) is 5.42. The van der Waals surface area contributed by atoms with E-state index in [0.717, 1.165) is 10.5 Å². The molecule has 3 amide bonds. The number of fused-ring (bicyclic) bond motifs is 1. The van der Waals surface area contributed by atoms with E-state index < -0.39 is 26.9 Å². The molecule has 2 aliphatic rings. The molecule has 0 bridgehead atoms. The van der Waals surface area contributed by atoms with Crippen molar-refractivity contribution >= 4 is 27.6 Å². The summed E-state index contributed by atoms with van der Waals surface area (Å²) in [5, 5.41) is -0.499. The first-order chi connectivity index (χ1) is 14.4. The minimum absolute atomic E-state index is 0.0124. The molecule has 0 atom stereocenters. The van der Waals surface area contributed by atoms with Crippen LogP contribution in [0.3, 0.4) is 0 Å². The normalized spacial score (nSPS) is 17.3. The van der Waals surface area contributed by atoms with Crippen molar-refractivity contribution in [3.05, 3.63) is 71.3 Å². The first-order valence-corrected chi connectivity index (χ1v) is 11.6. The van der Waals surface area contributed by atoms with Crippen LogP contribution in [0.25, 0.3) is 0 Å². The molecule has 7 nitrogen and oxygen atoms in total. The maximum Gasteiger partial charge on any atom is 0.262 e. The summed E-state index contributed by atoms with van der Waals surface area (Å²) in [4.78, 5) is 40.1. The Labute approximate surface area is 175 Å². The quantitative estimate of drug-likeness (QED) is 0.681. The molecule has 8 heteroatoms. The van der Waals surface area contributed by atoms with E-state index in [2.05, 4.69) is 0 Å². The van der Waals surface area contributed by atoms with Crippen LogP contribution >= 0.6 is 0 Å². The average Bonchev–Trinajstić information content (AvgIpc) is 2.99. The second kappa shape index (κ2) is 8.02. The van der Waals surface area contributed by atoms with Crippen LogP contribution in [0, 0.1) is 0 Å². The third kappa shape index (κ3) is 3.87. The van der Waals surface area contributed by atoms with Gasteiger partial charge in [-0.1, -0.05) is 42.5 Å². The van der Waals surface area contributed by atoms with E-state index in [0.29, 0.717) is 37.1 Å². The van der Waals surface area contributed by atoms with Gasteiger partial charge in [-0.25, -0.2) is 8.42 Å². The lowest BCUT2D eigenvalue weighted by Crippen LogP contribution is -2.47. The van der Waals surface area contributed by atoms with Gasteiger partial charge in [-0.15, -0.1) is 0 Å². The molecule has 156 valence electrons. The van der Waals surface area contributed by atoms with Gasteiger partial charge in [0.25, 0.3) is 11.8 Å². The van der Waals surface area contributed by atoms with Crippen LogP contribution in [0.2, 0.25) is 0 Å². The number of carbonyl (C=O) groups is 3. The largest absolute Gasteiger partial charge is 0.341 e. The number of likely N-dealkylation sites (tertiary alicyclic amines) is 1. The first-order valence-electron chi connectivity index (χ1n) is 9.85. The minimum Gasteiger partial charge on any atom is -0.341 e. The Bertz CT molecular complexity index is 1050. The number of amides is 3. The van der Waals surface area contributed by atoms with E-state index >= 15 is 0 Å². The second-order valence-corrected chi connectivity index (χ2v) is 9.90. The van der Waals surface area contributed by atoms with E-state index in [1.807, 2.05) is 18.2 Å². The third-order valence-electron chi connectivity index (χ3n) is 5.68. The number of rotatable bonds is 5. The molecule has 0 aromatic heterocycles. The molecule has 1 saturated heterocycles. The smallest absolute Gasteiger partial charge is 0.262 e. The molecular formula is C22H22N2O5S. The molecule has 0 unspecified atom stereocenters. The van der Waals surface area contributed by atoms with Crippen molar-refractivity contribution in [3.63, 3.8) is 0 Å². The molecule has 0 saturated carbocycles. The van der Waals surface area contributed by atoms with Gasteiger partial charge in [-0.3, -0.25) is 19.3 Å². The third-order valence-corrected chi connectivity index (χ3v) is 7.91. The zero-order valence-electron chi connectivity index (χ0n) is 16.4. The molecule has 2 heterocycles. The standard InChI is InChI=1S/C22H22N2O5S/c25-20(14-24-21(26)18-8-4-5-9-19(18)22(24)27)23-12-10-17(11-13-23)30(28,29)15-16-6-2-1-3-7-16/h1-9,17H,10-15H2. The van der Waals surface area contributed by atoms with Gasteiger partial charge < -0.3 is 4.90 Å². The van der Waals surface area contributed by atoms with Crippen LogP contribution in [-0.4, -0.2) is 60.8 Å². The maximum absolute atomic E-state index is 12.7. The SMILES string of the molecule is O=C(CN1C(=O)c2ccccc2C1=O)N1CCC(S(=O)(=O)Cc2ccccc2)CC1. The van der Waals surface area contributed by atoms with Gasteiger partial charge in [0, 0.05) is 13.1 Å². The molecule has 30 heavy (non-hydrogen) atoms. The molecule has 0 radical (unpaired) electrons. The Morgan fingerprint density at radius 1 is 0.867 bits per heavy atom. The van der Waals surface area contributed by atoms with E-state index in [1.165, 1.54) is 4.90 Å². The van der Waals surface area contributed by atoms with Crippen LogP contribution in [0.4, 0.5) is 0 Å². The molecule has 2 aliphatic heterocycles. The second-order valence-electron chi connectivity index (χ2n) is 7.61. The number of hydrogen-bond acceptors (Lipinski definition) is 5. The number of imide groups is 1. The predicted molar refractivity (Wildman–Crippen MR) is 110 cm³/mol. The number of sulfone groups is 1. The Balaban J connectivity index is 1.35. The summed E-state index contributed by atoms with van der Waals surface area (Å²) >= 11 is 0. The van der Waals surface area contributed by atoms with E-state index in [1.54, 1.807) is 36.4 Å². The van der Waals surface area contributed by atoms with Crippen LogP contribution in [0.5, 0.6) is 0 Å². The summed E-state index contributed by atoms with van der Waals surface area (Å²) in [5.41, 5.74) is 1.36. The summed E-state index contributed by atoms with van der Waals surface area (Å²) in [6.45, 7) is 0.259. The number of nitrogens with zero attached hydrogens (tertiary/aromatic N) is 2. The number of piperidine rings is 1. The average molecular weight is 426 g/mol. The summed E-state index contributed by atoms with van der Waals surface area (Å²) in [5.74, 6) is -1.29. The zero-order chi connectivity index (χ0) is 21.3. The van der Waals surface area contributed by atoms with Crippen molar-refractivity contribution in [1.82, 2.24) is 9.80 Å². The van der Waals surface area contributed by atoms with Gasteiger partial charge in [0.05, 0.1) is 22.1 Å². The molecule has 2 aromatic carbocycles. The molecule has 2 aromatic rings. The highest BCUT2D eigenvalue weighted by Gasteiger charge is 2.38. The maximum atomic E-state index is 12.7. The lowest BCUT2D eigenvalue weighted by atomic mass is 10.1. The highest BCUT2D eigenvalue weighted by molar-refractivity contribution is 7.91. The molecule has 0 N–H and O–H groups in total. The van der Waals surface area contributed by atoms with Gasteiger partial charge in [-0.05, 0) is 30.5 Å². The fourth-order valence-corrected chi connectivity index (χ4v) is 5.83. The lowest BCUT2D eigenvalue weighted by molar-refractivity contribution is -0.132. The molecule has 4 rings (SSSR count). The van der Waals surface area contributed by atoms with Crippen molar-refractivity contribution in [2.24, 2.45) is 0 Å². The van der Waals surface area contributed by atoms with Crippen molar-refractivity contribution in [1.29, 1.82) is 0 Å². The van der Waals surface area contributed by atoms with Crippen LogP contribution in [0.1, 0.15) is 39.1 Å². The van der Waals surface area contributed by atoms with Crippen molar-refractivity contribution in [2.45, 2.75) is 23.8 Å². The highest BCUT2D eigenvalue weighted by atomic mass is 32.2. The molecule has 1 fully saturated rings. The summed E-state index contributed by atoms with van der Waals surface area (Å²) < 4.78 is 25.4. The summed E-state index contributed by atoms with van der Waals surface area (Å²) in [7, 11) is -3.32. The fraction of sp³-hybridized carbons (Fsp3) is 0.318. The number of carbonyl (C=O) groups excluding carboxylic acids is 3.